The van der Waals surface area contributed by atoms with Gasteiger partial charge in [-0.15, -0.1) is 0 Å². The molecular formula is C47H27N3O. The summed E-state index contributed by atoms with van der Waals surface area (Å²) in [6, 6.07) is 57.4. The monoisotopic (exact) mass is 649 g/mol. The first-order valence-corrected chi connectivity index (χ1v) is 17.2. The van der Waals surface area contributed by atoms with Crippen molar-refractivity contribution in [2.24, 2.45) is 0 Å². The lowest BCUT2D eigenvalue weighted by Gasteiger charge is -2.12. The van der Waals surface area contributed by atoms with Crippen molar-refractivity contribution in [1.82, 2.24) is 15.0 Å². The molecular weight excluding hydrogens is 623 g/mol. The molecule has 0 spiro atoms. The van der Waals surface area contributed by atoms with Crippen molar-refractivity contribution >= 4 is 65.0 Å². The Morgan fingerprint density at radius 3 is 1.78 bits per heavy atom. The van der Waals surface area contributed by atoms with Crippen molar-refractivity contribution in [3.8, 4) is 45.3 Å². The van der Waals surface area contributed by atoms with E-state index in [1.807, 2.05) is 0 Å². The smallest absolute Gasteiger partial charge is 0.164 e. The van der Waals surface area contributed by atoms with Crippen LogP contribution in [0.2, 0.25) is 0 Å². The Bertz CT molecular complexity index is 3150. The maximum atomic E-state index is 6.52. The normalized spacial score (nSPS) is 11.9. The van der Waals surface area contributed by atoms with E-state index in [4.69, 9.17) is 19.4 Å². The van der Waals surface area contributed by atoms with Crippen molar-refractivity contribution in [1.29, 1.82) is 0 Å². The lowest BCUT2D eigenvalue weighted by atomic mass is 9.92. The maximum Gasteiger partial charge on any atom is 0.164 e. The highest BCUT2D eigenvalue weighted by Gasteiger charge is 2.19. The summed E-state index contributed by atoms with van der Waals surface area (Å²) in [6.07, 6.45) is 0. The molecule has 0 aliphatic carbocycles. The van der Waals surface area contributed by atoms with Gasteiger partial charge in [-0.25, -0.2) is 15.0 Å². The molecule has 0 N–H and O–H groups in total. The Hall–Kier alpha value is -6.91. The molecule has 9 aromatic carbocycles. The maximum absolute atomic E-state index is 6.52. The van der Waals surface area contributed by atoms with Gasteiger partial charge in [0, 0.05) is 27.5 Å². The van der Waals surface area contributed by atoms with Crippen LogP contribution in [0.1, 0.15) is 0 Å². The summed E-state index contributed by atoms with van der Waals surface area (Å²) in [5.41, 5.74) is 6.78. The second-order valence-electron chi connectivity index (χ2n) is 13.2. The average Bonchev–Trinajstić information content (AvgIpc) is 3.59. The Morgan fingerprint density at radius 1 is 0.314 bits per heavy atom. The van der Waals surface area contributed by atoms with Gasteiger partial charge in [-0.2, -0.15) is 0 Å². The van der Waals surface area contributed by atoms with Gasteiger partial charge in [-0.3, -0.25) is 0 Å². The van der Waals surface area contributed by atoms with E-state index < -0.39 is 0 Å². The number of aromatic nitrogens is 3. The van der Waals surface area contributed by atoms with E-state index in [0.717, 1.165) is 55.1 Å². The van der Waals surface area contributed by atoms with E-state index in [2.05, 4.69) is 164 Å². The Kier molecular flexibility index (Phi) is 5.92. The molecule has 0 saturated carbocycles. The topological polar surface area (TPSA) is 51.8 Å². The summed E-state index contributed by atoms with van der Waals surface area (Å²) in [5.74, 6) is 1.91. The molecule has 0 fully saturated rings. The van der Waals surface area contributed by atoms with Crippen molar-refractivity contribution < 1.29 is 4.42 Å². The van der Waals surface area contributed by atoms with E-state index in [1.165, 1.54) is 37.7 Å². The molecule has 0 radical (unpaired) electrons. The van der Waals surface area contributed by atoms with Gasteiger partial charge in [-0.1, -0.05) is 133 Å². The first-order valence-electron chi connectivity index (χ1n) is 17.2. The van der Waals surface area contributed by atoms with Gasteiger partial charge in [0.1, 0.15) is 11.2 Å². The molecule has 51 heavy (non-hydrogen) atoms. The lowest BCUT2D eigenvalue weighted by molar-refractivity contribution is 0.669. The van der Waals surface area contributed by atoms with Crippen LogP contribution in [0.4, 0.5) is 0 Å². The van der Waals surface area contributed by atoms with Crippen molar-refractivity contribution in [2.45, 2.75) is 0 Å². The number of furan rings is 1. The predicted molar refractivity (Wildman–Crippen MR) is 210 cm³/mol. The molecule has 2 heterocycles. The molecule has 0 amide bonds. The van der Waals surface area contributed by atoms with Crippen LogP contribution in [-0.4, -0.2) is 15.0 Å². The Labute approximate surface area is 292 Å². The van der Waals surface area contributed by atoms with Gasteiger partial charge in [0.2, 0.25) is 0 Å². The Balaban J connectivity index is 1.12. The molecule has 0 bridgehead atoms. The third kappa shape index (κ3) is 4.37. The third-order valence-corrected chi connectivity index (χ3v) is 10.2. The highest BCUT2D eigenvalue weighted by atomic mass is 16.3. The second kappa shape index (κ2) is 10.8. The summed E-state index contributed by atoms with van der Waals surface area (Å²) in [5, 5.41) is 11.8. The van der Waals surface area contributed by atoms with E-state index in [9.17, 15) is 0 Å². The summed E-state index contributed by atoms with van der Waals surface area (Å²) >= 11 is 0. The first kappa shape index (κ1) is 28.0. The minimum Gasteiger partial charge on any atom is -0.456 e. The van der Waals surface area contributed by atoms with E-state index in [0.29, 0.717) is 17.5 Å². The highest BCUT2D eigenvalue weighted by molar-refractivity contribution is 6.33. The SMILES string of the molecule is c1cc(-c2cc3oc4cccc5c6ccccc6c(c2)c3c45)cc(-c2nc(-c3ccc4ccccc4c3)nc(-c3cccc4ccccc34)n2)c1. The first-order chi connectivity index (χ1) is 25.2. The largest absolute Gasteiger partial charge is 0.456 e. The minimum atomic E-state index is 0.624. The van der Waals surface area contributed by atoms with Gasteiger partial charge in [-0.05, 0) is 84.5 Å². The average molecular weight is 650 g/mol. The molecule has 11 aromatic rings. The number of rotatable bonds is 4. The molecule has 4 heteroatoms. The minimum absolute atomic E-state index is 0.624. The molecule has 11 rings (SSSR count). The van der Waals surface area contributed by atoms with Crippen LogP contribution in [0.3, 0.4) is 0 Å². The van der Waals surface area contributed by atoms with E-state index >= 15 is 0 Å². The highest BCUT2D eigenvalue weighted by Crippen LogP contribution is 2.44. The van der Waals surface area contributed by atoms with Crippen molar-refractivity contribution in [3.05, 3.63) is 164 Å². The summed E-state index contributed by atoms with van der Waals surface area (Å²) in [7, 11) is 0. The van der Waals surface area contributed by atoms with Gasteiger partial charge < -0.3 is 4.42 Å². The van der Waals surface area contributed by atoms with Crippen molar-refractivity contribution in [3.63, 3.8) is 0 Å². The zero-order valence-electron chi connectivity index (χ0n) is 27.3. The molecule has 0 aliphatic heterocycles. The molecule has 0 unspecified atom stereocenters. The van der Waals surface area contributed by atoms with Crippen LogP contribution >= 0.6 is 0 Å². The zero-order chi connectivity index (χ0) is 33.5. The fraction of sp³-hybridized carbons (Fsp3) is 0. The molecule has 0 saturated heterocycles. The van der Waals surface area contributed by atoms with Crippen LogP contribution in [0, 0.1) is 0 Å². The summed E-state index contributed by atoms with van der Waals surface area (Å²) < 4.78 is 6.52. The van der Waals surface area contributed by atoms with Gasteiger partial charge >= 0.3 is 0 Å². The standard InChI is InChI=1S/C47H27N3O/c1-2-12-30-24-33(23-22-28(30)10-1)46-48-45(49-47(50-46)39-20-8-13-29-11-3-4-16-35(29)39)32-15-7-14-31(25-32)34-26-40-37-18-6-5-17-36(37)38-19-9-21-41-43(38)44(40)42(27-34)51-41/h1-27H. The quantitative estimate of drug-likeness (QED) is 0.178. The van der Waals surface area contributed by atoms with Gasteiger partial charge in [0.25, 0.3) is 0 Å². The Morgan fingerprint density at radius 2 is 0.922 bits per heavy atom. The molecule has 2 aromatic heterocycles. The molecule has 236 valence electrons. The third-order valence-electron chi connectivity index (χ3n) is 10.2. The molecule has 4 nitrogen and oxygen atoms in total. The van der Waals surface area contributed by atoms with Gasteiger partial charge in [0.15, 0.2) is 17.5 Å². The second-order valence-corrected chi connectivity index (χ2v) is 13.2. The van der Waals surface area contributed by atoms with Crippen LogP contribution in [0.15, 0.2) is 168 Å². The summed E-state index contributed by atoms with van der Waals surface area (Å²) in [6.45, 7) is 0. The number of hydrogen-bond donors (Lipinski definition) is 0. The zero-order valence-corrected chi connectivity index (χ0v) is 27.3. The van der Waals surface area contributed by atoms with Crippen LogP contribution < -0.4 is 0 Å². The van der Waals surface area contributed by atoms with E-state index in [-0.39, 0.29) is 0 Å². The fourth-order valence-corrected chi connectivity index (χ4v) is 7.84. The number of nitrogens with zero attached hydrogens (tertiary/aromatic N) is 3. The van der Waals surface area contributed by atoms with Crippen molar-refractivity contribution in [2.75, 3.05) is 0 Å². The van der Waals surface area contributed by atoms with Gasteiger partial charge in [0.05, 0.1) is 0 Å². The summed E-state index contributed by atoms with van der Waals surface area (Å²) in [4.78, 5) is 15.4. The van der Waals surface area contributed by atoms with Crippen LogP contribution in [0.25, 0.3) is 110 Å². The fourth-order valence-electron chi connectivity index (χ4n) is 7.84. The number of benzene rings is 9. The van der Waals surface area contributed by atoms with Crippen LogP contribution in [-0.2, 0) is 0 Å². The predicted octanol–water partition coefficient (Wildman–Crippen LogP) is 12.5. The lowest BCUT2D eigenvalue weighted by Crippen LogP contribution is -2.00. The number of fused-ring (bicyclic) bond motifs is 5. The molecule has 0 atom stereocenters. The van der Waals surface area contributed by atoms with Crippen LogP contribution in [0.5, 0.6) is 0 Å². The van der Waals surface area contributed by atoms with E-state index in [1.54, 1.807) is 0 Å². The molecule has 0 aliphatic rings. The number of hydrogen-bond acceptors (Lipinski definition) is 4.